The van der Waals surface area contributed by atoms with Crippen molar-refractivity contribution in [3.05, 3.63) is 35.4 Å². The molecule has 1 aromatic rings. The molecular formula is C15H20F2N2O2. The number of benzene rings is 1. The summed E-state index contributed by atoms with van der Waals surface area (Å²) in [6.07, 6.45) is -2.78. The number of nitrogens with zero attached hydrogens (tertiary/aromatic N) is 1. The van der Waals surface area contributed by atoms with Crippen molar-refractivity contribution in [1.29, 1.82) is 0 Å². The maximum absolute atomic E-state index is 12.7. The smallest absolute Gasteiger partial charge is 0.268 e. The van der Waals surface area contributed by atoms with Crippen LogP contribution in [0.1, 0.15) is 17.5 Å². The molecule has 4 nitrogen and oxygen atoms in total. The minimum absolute atomic E-state index is 0.00414. The minimum atomic E-state index is -2.78. The zero-order valence-electron chi connectivity index (χ0n) is 12.0. The Morgan fingerprint density at radius 3 is 2.90 bits per heavy atom. The molecule has 1 fully saturated rings. The standard InChI is InChI=1S/C15H20F2N2O2/c1-11-3-2-4-12(7-11)8-18-13(20)9-19-6-5-15(21,10-19)14(16)17/h2-4,7,14,21H,5-6,8-10H2,1H3,(H,18,20). The van der Waals surface area contributed by atoms with Crippen molar-refractivity contribution in [3.8, 4) is 0 Å². The summed E-state index contributed by atoms with van der Waals surface area (Å²) in [4.78, 5) is 13.4. The first-order valence-electron chi connectivity index (χ1n) is 6.94. The third-order valence-electron chi connectivity index (χ3n) is 3.70. The summed E-state index contributed by atoms with van der Waals surface area (Å²) >= 11 is 0. The van der Waals surface area contributed by atoms with Crippen molar-refractivity contribution in [1.82, 2.24) is 10.2 Å². The number of carbonyl (C=O) groups excluding carboxylic acids is 1. The van der Waals surface area contributed by atoms with Crippen LogP contribution in [0, 0.1) is 6.92 Å². The lowest BCUT2D eigenvalue weighted by Gasteiger charge is -2.22. The molecule has 1 aliphatic rings. The summed E-state index contributed by atoms with van der Waals surface area (Å²) in [5.41, 5.74) is 0.133. The number of nitrogens with one attached hydrogen (secondary N) is 1. The molecule has 21 heavy (non-hydrogen) atoms. The average molecular weight is 298 g/mol. The van der Waals surface area contributed by atoms with Crippen LogP contribution >= 0.6 is 0 Å². The van der Waals surface area contributed by atoms with E-state index in [1.807, 2.05) is 31.2 Å². The fourth-order valence-electron chi connectivity index (χ4n) is 2.49. The first-order valence-corrected chi connectivity index (χ1v) is 6.94. The van der Waals surface area contributed by atoms with Crippen LogP contribution in [0.2, 0.25) is 0 Å². The van der Waals surface area contributed by atoms with E-state index in [1.165, 1.54) is 0 Å². The Bertz CT molecular complexity index is 510. The molecule has 0 aromatic heterocycles. The SMILES string of the molecule is Cc1cccc(CNC(=O)CN2CCC(O)(C(F)F)C2)c1. The second-order valence-electron chi connectivity index (χ2n) is 5.63. The van der Waals surface area contributed by atoms with Gasteiger partial charge >= 0.3 is 0 Å². The topological polar surface area (TPSA) is 52.6 Å². The van der Waals surface area contributed by atoms with Crippen LogP contribution in [-0.2, 0) is 11.3 Å². The number of rotatable bonds is 5. The highest BCUT2D eigenvalue weighted by Crippen LogP contribution is 2.27. The second kappa shape index (κ2) is 6.49. The van der Waals surface area contributed by atoms with E-state index in [-0.39, 0.29) is 25.4 Å². The highest BCUT2D eigenvalue weighted by atomic mass is 19.3. The van der Waals surface area contributed by atoms with Crippen molar-refractivity contribution < 1.29 is 18.7 Å². The molecule has 2 rings (SSSR count). The fourth-order valence-corrected chi connectivity index (χ4v) is 2.49. The van der Waals surface area contributed by atoms with E-state index in [1.54, 1.807) is 4.90 Å². The van der Waals surface area contributed by atoms with Crippen LogP contribution < -0.4 is 5.32 Å². The predicted octanol–water partition coefficient (Wildman–Crippen LogP) is 1.31. The number of hydrogen-bond donors (Lipinski definition) is 2. The van der Waals surface area contributed by atoms with E-state index in [0.717, 1.165) is 11.1 Å². The van der Waals surface area contributed by atoms with Gasteiger partial charge in [0, 0.05) is 19.6 Å². The summed E-state index contributed by atoms with van der Waals surface area (Å²) in [5.74, 6) is -0.227. The molecule has 0 aliphatic carbocycles. The van der Waals surface area contributed by atoms with E-state index in [9.17, 15) is 18.7 Å². The van der Waals surface area contributed by atoms with Gasteiger partial charge in [0.15, 0.2) is 0 Å². The molecule has 2 N–H and O–H groups in total. The highest BCUT2D eigenvalue weighted by molar-refractivity contribution is 5.78. The number of alkyl halides is 2. The second-order valence-corrected chi connectivity index (χ2v) is 5.63. The number of amides is 1. The van der Waals surface area contributed by atoms with Crippen molar-refractivity contribution in [2.75, 3.05) is 19.6 Å². The first-order chi connectivity index (χ1) is 9.89. The van der Waals surface area contributed by atoms with Gasteiger partial charge in [0.25, 0.3) is 6.43 Å². The van der Waals surface area contributed by atoms with Gasteiger partial charge < -0.3 is 10.4 Å². The van der Waals surface area contributed by atoms with Gasteiger partial charge in [-0.05, 0) is 18.9 Å². The van der Waals surface area contributed by atoms with E-state index < -0.39 is 12.0 Å². The van der Waals surface area contributed by atoms with Crippen LogP contribution in [0.3, 0.4) is 0 Å². The number of likely N-dealkylation sites (tertiary alicyclic amines) is 1. The summed E-state index contributed by atoms with van der Waals surface area (Å²) in [6.45, 7) is 2.55. The summed E-state index contributed by atoms with van der Waals surface area (Å²) in [6, 6.07) is 7.78. The predicted molar refractivity (Wildman–Crippen MR) is 75.0 cm³/mol. The number of hydrogen-bond acceptors (Lipinski definition) is 3. The molecule has 1 heterocycles. The molecule has 1 amide bonds. The quantitative estimate of drug-likeness (QED) is 0.862. The zero-order chi connectivity index (χ0) is 15.5. The molecule has 116 valence electrons. The lowest BCUT2D eigenvalue weighted by Crippen LogP contribution is -2.42. The maximum Gasteiger partial charge on any atom is 0.268 e. The third kappa shape index (κ3) is 4.22. The van der Waals surface area contributed by atoms with Gasteiger partial charge in [0.05, 0.1) is 6.54 Å². The normalized spacial score (nSPS) is 22.7. The molecule has 6 heteroatoms. The van der Waals surface area contributed by atoms with Crippen molar-refractivity contribution in [3.63, 3.8) is 0 Å². The Hall–Kier alpha value is -1.53. The van der Waals surface area contributed by atoms with Crippen LogP contribution in [-0.4, -0.2) is 47.6 Å². The van der Waals surface area contributed by atoms with E-state index >= 15 is 0 Å². The first kappa shape index (κ1) is 15.9. The lowest BCUT2D eigenvalue weighted by molar-refractivity contribution is -0.123. The molecule has 1 aliphatic heterocycles. The van der Waals surface area contributed by atoms with Gasteiger partial charge in [0.2, 0.25) is 5.91 Å². The lowest BCUT2D eigenvalue weighted by atomic mass is 10.1. The minimum Gasteiger partial charge on any atom is -0.383 e. The Kier molecular flexibility index (Phi) is 4.90. The molecule has 0 bridgehead atoms. The monoisotopic (exact) mass is 298 g/mol. The molecule has 0 saturated carbocycles. The van der Waals surface area contributed by atoms with Gasteiger partial charge in [0.1, 0.15) is 5.60 Å². The van der Waals surface area contributed by atoms with Gasteiger partial charge in [-0.3, -0.25) is 9.69 Å². The summed E-state index contributed by atoms with van der Waals surface area (Å²) in [7, 11) is 0. The fraction of sp³-hybridized carbons (Fsp3) is 0.533. The largest absolute Gasteiger partial charge is 0.383 e. The van der Waals surface area contributed by atoms with Crippen LogP contribution in [0.5, 0.6) is 0 Å². The molecule has 1 unspecified atom stereocenters. The summed E-state index contributed by atoms with van der Waals surface area (Å²) in [5, 5.41) is 12.4. The molecular weight excluding hydrogens is 278 g/mol. The highest BCUT2D eigenvalue weighted by Gasteiger charge is 2.44. The third-order valence-corrected chi connectivity index (χ3v) is 3.70. The van der Waals surface area contributed by atoms with Crippen molar-refractivity contribution in [2.24, 2.45) is 0 Å². The zero-order valence-corrected chi connectivity index (χ0v) is 12.0. The van der Waals surface area contributed by atoms with Gasteiger partial charge in [-0.15, -0.1) is 0 Å². The number of halogens is 2. The summed E-state index contributed by atoms with van der Waals surface area (Å²) < 4.78 is 25.3. The van der Waals surface area contributed by atoms with E-state index in [4.69, 9.17) is 0 Å². The number of β-amino-alcohol motifs (C(OH)–C–C–N with tert-alkyl or cyclic N) is 1. The number of carbonyl (C=O) groups is 1. The number of aryl methyl sites for hydroxylation is 1. The Morgan fingerprint density at radius 2 is 2.29 bits per heavy atom. The van der Waals surface area contributed by atoms with Gasteiger partial charge in [-0.2, -0.15) is 0 Å². The Morgan fingerprint density at radius 1 is 1.52 bits per heavy atom. The van der Waals surface area contributed by atoms with Gasteiger partial charge in [-0.1, -0.05) is 29.8 Å². The van der Waals surface area contributed by atoms with E-state index in [0.29, 0.717) is 13.1 Å². The average Bonchev–Trinajstić information content (AvgIpc) is 2.79. The van der Waals surface area contributed by atoms with Crippen molar-refractivity contribution >= 4 is 5.91 Å². The number of aliphatic hydroxyl groups is 1. The molecule has 1 atom stereocenters. The van der Waals surface area contributed by atoms with Crippen molar-refractivity contribution in [2.45, 2.75) is 31.9 Å². The maximum atomic E-state index is 12.7. The van der Waals surface area contributed by atoms with E-state index in [2.05, 4.69) is 5.32 Å². The van der Waals surface area contributed by atoms with Gasteiger partial charge in [-0.25, -0.2) is 8.78 Å². The van der Waals surface area contributed by atoms with Crippen LogP contribution in [0.25, 0.3) is 0 Å². The Balaban J connectivity index is 1.78. The molecule has 1 aromatic carbocycles. The van der Waals surface area contributed by atoms with Crippen LogP contribution in [0.4, 0.5) is 8.78 Å². The molecule has 1 saturated heterocycles. The Labute approximate surface area is 122 Å². The van der Waals surface area contributed by atoms with Crippen LogP contribution in [0.15, 0.2) is 24.3 Å². The molecule has 0 radical (unpaired) electrons. The molecule has 0 spiro atoms.